The van der Waals surface area contributed by atoms with Gasteiger partial charge in [-0.25, -0.2) is 4.79 Å². The Hall–Kier alpha value is -3.01. The van der Waals surface area contributed by atoms with Crippen molar-refractivity contribution in [3.8, 4) is 0 Å². The Balaban J connectivity index is 2.22. The minimum atomic E-state index is -0.709. The number of benzene rings is 2. The lowest BCUT2D eigenvalue weighted by Gasteiger charge is -2.16. The second-order valence-corrected chi connectivity index (χ2v) is 6.40. The van der Waals surface area contributed by atoms with Crippen molar-refractivity contribution in [2.24, 2.45) is 10.2 Å². The molecule has 0 bridgehead atoms. The fourth-order valence-electron chi connectivity index (χ4n) is 1.96. The van der Waals surface area contributed by atoms with E-state index in [4.69, 9.17) is 4.74 Å². The average Bonchev–Trinajstić information content (AvgIpc) is 2.57. The first-order valence-electron chi connectivity index (χ1n) is 8.07. The third-order valence-electron chi connectivity index (χ3n) is 3.00. The van der Waals surface area contributed by atoms with E-state index in [-0.39, 0.29) is 0 Å². The zero-order chi connectivity index (χ0) is 18.1. The molecule has 0 atom stereocenters. The van der Waals surface area contributed by atoms with Crippen molar-refractivity contribution in [2.45, 2.75) is 26.4 Å². The Morgan fingerprint density at radius 2 is 1.44 bits per heavy atom. The monoisotopic (exact) mass is 334 g/mol. The molecule has 0 aliphatic heterocycles. The van der Waals surface area contributed by atoms with Gasteiger partial charge in [-0.15, -0.1) is 5.11 Å². The minimum absolute atomic E-state index is 0.556. The lowest BCUT2D eigenvalue weighted by molar-refractivity contribution is 0.0591. The summed E-state index contributed by atoms with van der Waals surface area (Å²) in [7, 11) is 0. The molecule has 0 aliphatic carbocycles. The predicted octanol–water partition coefficient (Wildman–Crippen LogP) is 6.13. The van der Waals surface area contributed by atoms with Gasteiger partial charge in [0.15, 0.2) is 0 Å². The summed E-state index contributed by atoms with van der Waals surface area (Å²) in [6.07, 6.45) is 4.88. The highest BCUT2D eigenvalue weighted by atomic mass is 16.6. The first kappa shape index (κ1) is 18.3. The molecule has 0 spiro atoms. The van der Waals surface area contributed by atoms with E-state index in [1.165, 1.54) is 0 Å². The molecule has 0 unspecified atom stereocenters. The summed E-state index contributed by atoms with van der Waals surface area (Å²) in [5.74, 6) is 0. The molecule has 128 valence electrons. The van der Waals surface area contributed by atoms with E-state index in [9.17, 15) is 4.79 Å². The zero-order valence-corrected chi connectivity index (χ0v) is 14.7. The maximum atomic E-state index is 11.8. The Morgan fingerprint density at radius 3 is 2.00 bits per heavy atom. The van der Waals surface area contributed by atoms with Crippen molar-refractivity contribution in [3.05, 3.63) is 83.6 Å². The highest BCUT2D eigenvalue weighted by molar-refractivity contribution is 5.68. The Kier molecular flexibility index (Phi) is 6.40. The second kappa shape index (κ2) is 8.73. The van der Waals surface area contributed by atoms with Crippen LogP contribution in [0, 0.1) is 0 Å². The summed E-state index contributed by atoms with van der Waals surface area (Å²) >= 11 is 0. The number of carbonyl (C=O) groups excluding carboxylic acids is 1. The number of ether oxygens (including phenoxy) is 1. The van der Waals surface area contributed by atoms with E-state index < -0.39 is 11.7 Å². The van der Waals surface area contributed by atoms with E-state index in [2.05, 4.69) is 10.2 Å². The van der Waals surface area contributed by atoms with Gasteiger partial charge in [0.25, 0.3) is 0 Å². The van der Waals surface area contributed by atoms with Gasteiger partial charge in [-0.2, -0.15) is 0 Å². The number of azo groups is 1. The van der Waals surface area contributed by atoms with E-state index in [0.717, 1.165) is 11.1 Å². The number of hydrogen-bond acceptors (Lipinski definition) is 3. The molecule has 0 aromatic heterocycles. The molecular formula is C21H22N2O2. The number of allylic oxidation sites excluding steroid dienone is 1. The van der Waals surface area contributed by atoms with E-state index in [1.54, 1.807) is 20.8 Å². The number of amides is 1. The first-order valence-corrected chi connectivity index (χ1v) is 8.07. The van der Waals surface area contributed by atoms with Crippen LogP contribution in [0.5, 0.6) is 0 Å². The van der Waals surface area contributed by atoms with Gasteiger partial charge in [-0.05, 0) is 44.1 Å². The van der Waals surface area contributed by atoms with Gasteiger partial charge >= 0.3 is 6.09 Å². The summed E-state index contributed by atoms with van der Waals surface area (Å²) < 4.78 is 5.15. The minimum Gasteiger partial charge on any atom is -0.441 e. The molecule has 0 heterocycles. The van der Waals surface area contributed by atoms with Crippen LogP contribution in [0.2, 0.25) is 0 Å². The third kappa shape index (κ3) is 7.40. The molecule has 2 rings (SSSR count). The van der Waals surface area contributed by atoms with Crippen LogP contribution in [0.3, 0.4) is 0 Å². The van der Waals surface area contributed by atoms with Crippen molar-refractivity contribution >= 4 is 18.2 Å². The fraction of sp³-hybridized carbons (Fsp3) is 0.190. The van der Waals surface area contributed by atoms with Gasteiger partial charge in [-0.1, -0.05) is 71.9 Å². The molecule has 0 radical (unpaired) electrons. The molecule has 0 N–H and O–H groups in total. The molecular weight excluding hydrogens is 312 g/mol. The number of carbonyl (C=O) groups is 1. The smallest absolute Gasteiger partial charge is 0.441 e. The maximum absolute atomic E-state index is 11.8. The van der Waals surface area contributed by atoms with Crippen LogP contribution in [0.4, 0.5) is 4.79 Å². The standard InChI is InChI=1S/C21H22N2O2/c1-21(2,3)25-20(24)23-22-19(16-18-12-8-5-9-13-18)15-14-17-10-6-4-7-11-17/h4-16H,1-3H3/b15-14+,19-16-,23-22?. The average molecular weight is 334 g/mol. The normalized spacial score (nSPS) is 12.7. The van der Waals surface area contributed by atoms with Crippen molar-refractivity contribution in [1.82, 2.24) is 0 Å². The second-order valence-electron chi connectivity index (χ2n) is 6.40. The molecule has 0 saturated carbocycles. The lowest BCUT2D eigenvalue weighted by Crippen LogP contribution is -2.21. The lowest BCUT2D eigenvalue weighted by atomic mass is 10.1. The summed E-state index contributed by atoms with van der Waals surface area (Å²) in [5, 5.41) is 7.71. The van der Waals surface area contributed by atoms with Crippen LogP contribution in [0.15, 0.2) is 82.7 Å². The van der Waals surface area contributed by atoms with Crippen molar-refractivity contribution in [3.63, 3.8) is 0 Å². The van der Waals surface area contributed by atoms with Crippen LogP contribution in [0.1, 0.15) is 31.9 Å². The number of nitrogens with zero attached hydrogens (tertiary/aromatic N) is 2. The third-order valence-corrected chi connectivity index (χ3v) is 3.00. The topological polar surface area (TPSA) is 51.0 Å². The Morgan fingerprint density at radius 1 is 0.880 bits per heavy atom. The fourth-order valence-corrected chi connectivity index (χ4v) is 1.96. The number of rotatable bonds is 4. The molecule has 2 aromatic carbocycles. The largest absolute Gasteiger partial charge is 0.452 e. The van der Waals surface area contributed by atoms with Crippen LogP contribution in [-0.4, -0.2) is 11.7 Å². The Labute approximate surface area is 148 Å². The molecule has 1 amide bonds. The predicted molar refractivity (Wildman–Crippen MR) is 101 cm³/mol. The van der Waals surface area contributed by atoms with Crippen LogP contribution < -0.4 is 0 Å². The van der Waals surface area contributed by atoms with Gasteiger partial charge in [0.05, 0.1) is 5.70 Å². The molecule has 4 nitrogen and oxygen atoms in total. The summed E-state index contributed by atoms with van der Waals surface area (Å²) in [6.45, 7) is 5.36. The zero-order valence-electron chi connectivity index (χ0n) is 14.7. The molecule has 4 heteroatoms. The highest BCUT2D eigenvalue weighted by Gasteiger charge is 2.15. The van der Waals surface area contributed by atoms with Crippen LogP contribution in [0.25, 0.3) is 12.2 Å². The summed E-state index contributed by atoms with van der Waals surface area (Å²) in [5.41, 5.74) is 1.97. The molecule has 25 heavy (non-hydrogen) atoms. The van der Waals surface area contributed by atoms with Gasteiger partial charge in [0.2, 0.25) is 0 Å². The first-order chi connectivity index (χ1) is 11.9. The molecule has 0 aliphatic rings. The van der Waals surface area contributed by atoms with Crippen molar-refractivity contribution in [1.29, 1.82) is 0 Å². The van der Waals surface area contributed by atoms with Crippen LogP contribution >= 0.6 is 0 Å². The van der Waals surface area contributed by atoms with E-state index >= 15 is 0 Å². The SMILES string of the molecule is CC(C)(C)OC(=O)N=NC(=C\c1ccccc1)/C=C/c1ccccc1. The van der Waals surface area contributed by atoms with Gasteiger partial charge in [-0.3, -0.25) is 0 Å². The van der Waals surface area contributed by atoms with Gasteiger partial charge in [0, 0.05) is 0 Å². The van der Waals surface area contributed by atoms with Gasteiger partial charge in [0.1, 0.15) is 5.60 Å². The summed E-state index contributed by atoms with van der Waals surface area (Å²) in [6, 6.07) is 19.6. The van der Waals surface area contributed by atoms with E-state index in [0.29, 0.717) is 5.70 Å². The van der Waals surface area contributed by atoms with Crippen molar-refractivity contribution in [2.75, 3.05) is 0 Å². The van der Waals surface area contributed by atoms with Crippen molar-refractivity contribution < 1.29 is 9.53 Å². The number of hydrogen-bond donors (Lipinski definition) is 0. The molecule has 0 fully saturated rings. The van der Waals surface area contributed by atoms with Crippen LogP contribution in [-0.2, 0) is 4.74 Å². The molecule has 0 saturated heterocycles. The highest BCUT2D eigenvalue weighted by Crippen LogP contribution is 2.14. The Bertz CT molecular complexity index is 771. The summed E-state index contributed by atoms with van der Waals surface area (Å²) in [4.78, 5) is 11.8. The molecule has 2 aromatic rings. The quantitative estimate of drug-likeness (QED) is 0.499. The maximum Gasteiger partial charge on any atom is 0.452 e. The van der Waals surface area contributed by atoms with E-state index in [1.807, 2.05) is 78.9 Å². The van der Waals surface area contributed by atoms with Gasteiger partial charge < -0.3 is 4.74 Å².